The first kappa shape index (κ1) is 19.8. The third kappa shape index (κ3) is 3.67. The Balaban J connectivity index is 1.52. The molecule has 0 fully saturated rings. The zero-order chi connectivity index (χ0) is 21.9. The van der Waals surface area contributed by atoms with Crippen molar-refractivity contribution in [1.29, 1.82) is 0 Å². The predicted octanol–water partition coefficient (Wildman–Crippen LogP) is 6.21. The zero-order valence-corrected chi connectivity index (χ0v) is 17.7. The van der Waals surface area contributed by atoms with E-state index in [0.29, 0.717) is 12.1 Å². The number of imidazole rings is 1. The number of nitrogens with zero attached hydrogens (tertiary/aromatic N) is 2. The van der Waals surface area contributed by atoms with Crippen molar-refractivity contribution in [3.05, 3.63) is 114 Å². The normalized spacial score (nSPS) is 10.9. The third-order valence-corrected chi connectivity index (χ3v) is 5.62. The number of benzene rings is 4. The Morgan fingerprint density at radius 3 is 2.25 bits per heavy atom. The molecule has 0 radical (unpaired) electrons. The Hall–Kier alpha value is -4.18. The smallest absolute Gasteiger partial charge is 0.338 e. The quantitative estimate of drug-likeness (QED) is 0.319. The van der Waals surface area contributed by atoms with Crippen LogP contribution in [0.3, 0.4) is 0 Å². The monoisotopic (exact) mass is 418 g/mol. The molecule has 0 aliphatic heterocycles. The molecule has 0 N–H and O–H groups in total. The summed E-state index contributed by atoms with van der Waals surface area (Å²) in [6.45, 7) is 0.698. The number of aromatic nitrogens is 2. The van der Waals surface area contributed by atoms with Crippen molar-refractivity contribution in [3.8, 4) is 22.5 Å². The lowest BCUT2D eigenvalue weighted by molar-refractivity contribution is 0.0601. The molecular weight excluding hydrogens is 396 g/mol. The van der Waals surface area contributed by atoms with Gasteiger partial charge < -0.3 is 9.30 Å². The molecule has 5 aromatic rings. The maximum atomic E-state index is 12.2. The summed E-state index contributed by atoms with van der Waals surface area (Å²) in [6, 6.07) is 34.3. The molecule has 4 heteroatoms. The summed E-state index contributed by atoms with van der Waals surface area (Å²) in [7, 11) is 1.40. The van der Waals surface area contributed by atoms with Crippen molar-refractivity contribution in [2.75, 3.05) is 7.11 Å². The lowest BCUT2D eigenvalue weighted by Gasteiger charge is -2.12. The van der Waals surface area contributed by atoms with E-state index >= 15 is 0 Å². The summed E-state index contributed by atoms with van der Waals surface area (Å²) >= 11 is 0. The van der Waals surface area contributed by atoms with E-state index in [1.165, 1.54) is 7.11 Å². The first-order chi connectivity index (χ1) is 15.7. The Morgan fingerprint density at radius 1 is 0.781 bits per heavy atom. The average Bonchev–Trinajstić information content (AvgIpc) is 3.23. The topological polar surface area (TPSA) is 44.1 Å². The van der Waals surface area contributed by atoms with Crippen molar-refractivity contribution in [2.24, 2.45) is 0 Å². The maximum Gasteiger partial charge on any atom is 0.338 e. The summed E-state index contributed by atoms with van der Waals surface area (Å²) < 4.78 is 7.19. The van der Waals surface area contributed by atoms with Crippen molar-refractivity contribution in [3.63, 3.8) is 0 Å². The number of para-hydroxylation sites is 2. The Kier molecular flexibility index (Phi) is 5.26. The van der Waals surface area contributed by atoms with Crippen LogP contribution in [-0.2, 0) is 11.3 Å². The molecule has 4 aromatic carbocycles. The molecule has 0 bridgehead atoms. The van der Waals surface area contributed by atoms with Crippen LogP contribution < -0.4 is 0 Å². The number of methoxy groups -OCH3 is 1. The molecule has 0 amide bonds. The van der Waals surface area contributed by atoms with E-state index in [9.17, 15) is 4.79 Å². The summed E-state index contributed by atoms with van der Waals surface area (Å²) in [5.74, 6) is 0.619. The number of hydrogen-bond donors (Lipinski definition) is 0. The lowest BCUT2D eigenvalue weighted by Crippen LogP contribution is -2.04. The van der Waals surface area contributed by atoms with Crippen molar-refractivity contribution in [1.82, 2.24) is 9.55 Å². The highest BCUT2D eigenvalue weighted by atomic mass is 16.5. The van der Waals surface area contributed by atoms with Gasteiger partial charge in [-0.15, -0.1) is 0 Å². The lowest BCUT2D eigenvalue weighted by atomic mass is 9.98. The largest absolute Gasteiger partial charge is 0.465 e. The first-order valence-corrected chi connectivity index (χ1v) is 10.5. The fourth-order valence-corrected chi connectivity index (χ4v) is 4.04. The minimum atomic E-state index is -0.331. The molecule has 0 atom stereocenters. The SMILES string of the molecule is COC(=O)c1ccccc1-c1ccc(Cn2c(-c3ccccc3)nc3ccccc32)cc1. The van der Waals surface area contributed by atoms with Gasteiger partial charge in [0.05, 0.1) is 23.7 Å². The van der Waals surface area contributed by atoms with Crippen LogP contribution in [-0.4, -0.2) is 22.6 Å². The standard InChI is InChI=1S/C28H22N2O2/c1-32-28(31)24-12-6-5-11-23(24)21-17-15-20(16-18-21)19-30-26-14-8-7-13-25(26)29-27(30)22-9-3-2-4-10-22/h2-18H,19H2,1H3. The zero-order valence-electron chi connectivity index (χ0n) is 17.7. The molecule has 1 heterocycles. The molecule has 0 saturated heterocycles. The summed E-state index contributed by atoms with van der Waals surface area (Å²) in [5.41, 5.74) is 6.74. The van der Waals surface area contributed by atoms with E-state index in [0.717, 1.165) is 39.1 Å². The van der Waals surface area contributed by atoms with Gasteiger partial charge in [0.1, 0.15) is 5.82 Å². The van der Waals surface area contributed by atoms with E-state index in [2.05, 4.69) is 47.0 Å². The Bertz CT molecular complexity index is 1390. The number of hydrogen-bond acceptors (Lipinski definition) is 3. The molecule has 0 aliphatic rings. The highest BCUT2D eigenvalue weighted by molar-refractivity contribution is 5.97. The molecule has 1 aromatic heterocycles. The third-order valence-electron chi connectivity index (χ3n) is 5.62. The van der Waals surface area contributed by atoms with Gasteiger partial charge in [-0.05, 0) is 34.9 Å². The van der Waals surface area contributed by atoms with Crippen LogP contribution in [0.4, 0.5) is 0 Å². The Morgan fingerprint density at radius 2 is 1.47 bits per heavy atom. The van der Waals surface area contributed by atoms with E-state index in [4.69, 9.17) is 9.72 Å². The van der Waals surface area contributed by atoms with Gasteiger partial charge in [-0.25, -0.2) is 9.78 Å². The van der Waals surface area contributed by atoms with Gasteiger partial charge in [0.2, 0.25) is 0 Å². The van der Waals surface area contributed by atoms with Crippen molar-refractivity contribution in [2.45, 2.75) is 6.54 Å². The van der Waals surface area contributed by atoms with Crippen LogP contribution in [0, 0.1) is 0 Å². The van der Waals surface area contributed by atoms with Gasteiger partial charge in [0.15, 0.2) is 0 Å². The van der Waals surface area contributed by atoms with Crippen LogP contribution in [0.2, 0.25) is 0 Å². The Labute approximate surface area is 186 Å². The number of rotatable bonds is 5. The summed E-state index contributed by atoms with van der Waals surface area (Å²) in [5, 5.41) is 0. The number of ether oxygens (including phenoxy) is 1. The van der Waals surface area contributed by atoms with Crippen LogP contribution in [0.1, 0.15) is 15.9 Å². The second-order valence-electron chi connectivity index (χ2n) is 7.61. The molecule has 0 spiro atoms. The van der Waals surface area contributed by atoms with E-state index in [-0.39, 0.29) is 5.97 Å². The minimum Gasteiger partial charge on any atom is -0.465 e. The number of esters is 1. The molecule has 5 rings (SSSR count). The molecule has 0 unspecified atom stereocenters. The molecule has 32 heavy (non-hydrogen) atoms. The van der Waals surface area contributed by atoms with Gasteiger partial charge in [-0.2, -0.15) is 0 Å². The fraction of sp³-hybridized carbons (Fsp3) is 0.0714. The highest BCUT2D eigenvalue weighted by Gasteiger charge is 2.14. The summed E-state index contributed by atoms with van der Waals surface area (Å²) in [6.07, 6.45) is 0. The van der Waals surface area contributed by atoms with Crippen LogP contribution in [0.25, 0.3) is 33.5 Å². The van der Waals surface area contributed by atoms with Gasteiger partial charge in [-0.3, -0.25) is 0 Å². The van der Waals surface area contributed by atoms with E-state index in [1.54, 1.807) is 6.07 Å². The van der Waals surface area contributed by atoms with Gasteiger partial charge >= 0.3 is 5.97 Å². The number of carbonyl (C=O) groups is 1. The first-order valence-electron chi connectivity index (χ1n) is 10.5. The molecule has 156 valence electrons. The minimum absolute atomic E-state index is 0.331. The second-order valence-corrected chi connectivity index (χ2v) is 7.61. The van der Waals surface area contributed by atoms with Gasteiger partial charge in [0.25, 0.3) is 0 Å². The molecular formula is C28H22N2O2. The van der Waals surface area contributed by atoms with Crippen molar-refractivity contribution < 1.29 is 9.53 Å². The predicted molar refractivity (Wildman–Crippen MR) is 127 cm³/mol. The van der Waals surface area contributed by atoms with Crippen LogP contribution in [0.5, 0.6) is 0 Å². The van der Waals surface area contributed by atoms with E-state index < -0.39 is 0 Å². The van der Waals surface area contributed by atoms with Crippen LogP contribution >= 0.6 is 0 Å². The molecule has 0 saturated carbocycles. The molecule has 0 aliphatic carbocycles. The van der Waals surface area contributed by atoms with E-state index in [1.807, 2.05) is 54.6 Å². The summed E-state index contributed by atoms with van der Waals surface area (Å²) in [4.78, 5) is 17.0. The van der Waals surface area contributed by atoms with Crippen LogP contribution in [0.15, 0.2) is 103 Å². The fourth-order valence-electron chi connectivity index (χ4n) is 4.04. The average molecular weight is 418 g/mol. The van der Waals surface area contributed by atoms with Gasteiger partial charge in [0, 0.05) is 12.1 Å². The number of carbonyl (C=O) groups excluding carboxylic acids is 1. The highest BCUT2D eigenvalue weighted by Crippen LogP contribution is 2.28. The molecule has 4 nitrogen and oxygen atoms in total. The second kappa shape index (κ2) is 8.52. The number of fused-ring (bicyclic) bond motifs is 1. The van der Waals surface area contributed by atoms with Crippen molar-refractivity contribution >= 4 is 17.0 Å². The maximum absolute atomic E-state index is 12.2. The van der Waals surface area contributed by atoms with Gasteiger partial charge in [-0.1, -0.05) is 84.9 Å².